The third-order valence-corrected chi connectivity index (χ3v) is 5.31. The SMILES string of the molecule is COc1ccccc1C(=O)NCc1ccc(B2OC(C)(C)C(C)(C)O2)cc1. The highest BCUT2D eigenvalue weighted by Crippen LogP contribution is 2.36. The third-order valence-electron chi connectivity index (χ3n) is 5.31. The summed E-state index contributed by atoms with van der Waals surface area (Å²) in [6.45, 7) is 8.58. The van der Waals surface area contributed by atoms with Crippen molar-refractivity contribution in [2.45, 2.75) is 45.4 Å². The smallest absolute Gasteiger partial charge is 0.494 e. The molecule has 142 valence electrons. The molecular formula is C21H26BNO4. The molecule has 2 aromatic carbocycles. The van der Waals surface area contributed by atoms with E-state index in [9.17, 15) is 4.79 Å². The quantitative estimate of drug-likeness (QED) is 0.826. The first-order valence-corrected chi connectivity index (χ1v) is 9.09. The predicted molar refractivity (Wildman–Crippen MR) is 106 cm³/mol. The Hall–Kier alpha value is -2.31. The van der Waals surface area contributed by atoms with Gasteiger partial charge in [-0.2, -0.15) is 0 Å². The van der Waals surface area contributed by atoms with Crippen molar-refractivity contribution in [2.75, 3.05) is 7.11 Å². The highest BCUT2D eigenvalue weighted by atomic mass is 16.7. The summed E-state index contributed by atoms with van der Waals surface area (Å²) in [4.78, 5) is 12.4. The number of benzene rings is 2. The Morgan fingerprint density at radius 3 is 2.19 bits per heavy atom. The van der Waals surface area contributed by atoms with Gasteiger partial charge in [-0.25, -0.2) is 0 Å². The second-order valence-corrected chi connectivity index (χ2v) is 7.71. The summed E-state index contributed by atoms with van der Waals surface area (Å²) in [5.41, 5.74) is 1.76. The lowest BCUT2D eigenvalue weighted by molar-refractivity contribution is 0.00578. The Kier molecular flexibility index (Phi) is 5.31. The molecule has 0 aliphatic carbocycles. The van der Waals surface area contributed by atoms with E-state index in [1.54, 1.807) is 19.2 Å². The molecular weight excluding hydrogens is 341 g/mol. The van der Waals surface area contributed by atoms with Crippen molar-refractivity contribution < 1.29 is 18.8 Å². The molecule has 27 heavy (non-hydrogen) atoms. The van der Waals surface area contributed by atoms with E-state index < -0.39 is 0 Å². The van der Waals surface area contributed by atoms with Crippen LogP contribution in [0.3, 0.4) is 0 Å². The number of nitrogens with one attached hydrogen (secondary N) is 1. The van der Waals surface area contributed by atoms with Crippen molar-refractivity contribution in [3.8, 4) is 5.75 Å². The van der Waals surface area contributed by atoms with E-state index in [1.807, 2.05) is 64.1 Å². The van der Waals surface area contributed by atoms with Gasteiger partial charge in [0.25, 0.3) is 5.91 Å². The molecule has 0 atom stereocenters. The monoisotopic (exact) mass is 367 g/mol. The zero-order chi connectivity index (χ0) is 19.7. The average molecular weight is 367 g/mol. The highest BCUT2D eigenvalue weighted by Gasteiger charge is 2.51. The zero-order valence-electron chi connectivity index (χ0n) is 16.5. The summed E-state index contributed by atoms with van der Waals surface area (Å²) in [6.07, 6.45) is 0. The van der Waals surface area contributed by atoms with Crippen molar-refractivity contribution in [2.24, 2.45) is 0 Å². The van der Waals surface area contributed by atoms with E-state index in [4.69, 9.17) is 14.0 Å². The van der Waals surface area contributed by atoms with Gasteiger partial charge in [0.15, 0.2) is 0 Å². The minimum Gasteiger partial charge on any atom is -0.496 e. The Morgan fingerprint density at radius 1 is 1.00 bits per heavy atom. The summed E-state index contributed by atoms with van der Waals surface area (Å²) in [7, 11) is 1.17. The van der Waals surface area contributed by atoms with Crippen LogP contribution < -0.4 is 15.5 Å². The van der Waals surface area contributed by atoms with E-state index in [0.717, 1.165) is 11.0 Å². The average Bonchev–Trinajstić information content (AvgIpc) is 2.87. The first-order chi connectivity index (χ1) is 12.7. The molecule has 1 saturated heterocycles. The molecule has 0 radical (unpaired) electrons. The zero-order valence-corrected chi connectivity index (χ0v) is 16.5. The van der Waals surface area contributed by atoms with Crippen LogP contribution in [0.25, 0.3) is 0 Å². The van der Waals surface area contributed by atoms with Gasteiger partial charge in [0, 0.05) is 6.54 Å². The Balaban J connectivity index is 1.63. The van der Waals surface area contributed by atoms with Crippen LogP contribution in [0.5, 0.6) is 5.75 Å². The minimum atomic E-state index is -0.382. The molecule has 1 fully saturated rings. The largest absolute Gasteiger partial charge is 0.496 e. The number of hydrogen-bond donors (Lipinski definition) is 1. The van der Waals surface area contributed by atoms with E-state index in [1.165, 1.54) is 0 Å². The molecule has 0 aromatic heterocycles. The van der Waals surface area contributed by atoms with Gasteiger partial charge >= 0.3 is 7.12 Å². The maximum atomic E-state index is 12.4. The van der Waals surface area contributed by atoms with Crippen molar-refractivity contribution in [3.05, 3.63) is 59.7 Å². The number of rotatable bonds is 5. The first-order valence-electron chi connectivity index (χ1n) is 9.09. The van der Waals surface area contributed by atoms with E-state index >= 15 is 0 Å². The van der Waals surface area contributed by atoms with Crippen molar-refractivity contribution in [3.63, 3.8) is 0 Å². The number of ether oxygens (including phenoxy) is 1. The Morgan fingerprint density at radius 2 is 1.59 bits per heavy atom. The Bertz CT molecular complexity index is 801. The van der Waals surface area contributed by atoms with Crippen LogP contribution in [0, 0.1) is 0 Å². The molecule has 1 heterocycles. The van der Waals surface area contributed by atoms with Gasteiger partial charge in [-0.1, -0.05) is 36.4 Å². The van der Waals surface area contributed by atoms with Crippen LogP contribution in [0.15, 0.2) is 48.5 Å². The molecule has 0 unspecified atom stereocenters. The second kappa shape index (κ2) is 7.37. The van der Waals surface area contributed by atoms with Gasteiger partial charge in [0.05, 0.1) is 23.9 Å². The summed E-state index contributed by atoms with van der Waals surface area (Å²) in [6, 6.07) is 15.1. The molecule has 1 aliphatic heterocycles. The fraction of sp³-hybridized carbons (Fsp3) is 0.381. The van der Waals surface area contributed by atoms with Gasteiger partial charge in [-0.15, -0.1) is 0 Å². The summed E-state index contributed by atoms with van der Waals surface area (Å²) >= 11 is 0. The highest BCUT2D eigenvalue weighted by molar-refractivity contribution is 6.62. The molecule has 1 N–H and O–H groups in total. The van der Waals surface area contributed by atoms with E-state index in [-0.39, 0.29) is 24.2 Å². The minimum absolute atomic E-state index is 0.164. The topological polar surface area (TPSA) is 56.8 Å². The molecule has 0 bridgehead atoms. The lowest BCUT2D eigenvalue weighted by Gasteiger charge is -2.32. The maximum absolute atomic E-state index is 12.4. The number of amides is 1. The molecule has 6 heteroatoms. The van der Waals surface area contributed by atoms with E-state index in [2.05, 4.69) is 5.32 Å². The number of para-hydroxylation sites is 1. The van der Waals surface area contributed by atoms with Crippen molar-refractivity contribution >= 4 is 18.5 Å². The second-order valence-electron chi connectivity index (χ2n) is 7.71. The van der Waals surface area contributed by atoms with Gasteiger partial charge in [-0.05, 0) is 50.9 Å². The third kappa shape index (κ3) is 4.02. The fourth-order valence-electron chi connectivity index (χ4n) is 2.88. The van der Waals surface area contributed by atoms with Gasteiger partial charge < -0.3 is 19.4 Å². The fourth-order valence-corrected chi connectivity index (χ4v) is 2.88. The molecule has 0 saturated carbocycles. The summed E-state index contributed by atoms with van der Waals surface area (Å²) < 4.78 is 17.4. The number of carbonyl (C=O) groups is 1. The standard InChI is InChI=1S/C21H26BNO4/c1-20(2)21(3,4)27-22(26-20)16-12-10-15(11-13-16)14-23-19(24)17-8-6-7-9-18(17)25-5/h6-13H,14H2,1-5H3,(H,23,24). The molecule has 2 aromatic rings. The van der Waals surface area contributed by atoms with Crippen LogP contribution in [-0.2, 0) is 15.9 Å². The van der Waals surface area contributed by atoms with Crippen molar-refractivity contribution in [1.82, 2.24) is 5.32 Å². The maximum Gasteiger partial charge on any atom is 0.494 e. The lowest BCUT2D eigenvalue weighted by atomic mass is 9.79. The number of carbonyl (C=O) groups excluding carboxylic acids is 1. The molecule has 1 amide bonds. The molecule has 1 aliphatic rings. The first kappa shape index (κ1) is 19.5. The normalized spacial score (nSPS) is 17.6. The summed E-state index contributed by atoms with van der Waals surface area (Å²) in [5, 5.41) is 2.92. The van der Waals surface area contributed by atoms with Gasteiger partial charge in [0.1, 0.15) is 5.75 Å². The van der Waals surface area contributed by atoms with E-state index in [0.29, 0.717) is 17.9 Å². The number of hydrogen-bond acceptors (Lipinski definition) is 4. The van der Waals surface area contributed by atoms with Crippen LogP contribution >= 0.6 is 0 Å². The predicted octanol–water partition coefficient (Wildman–Crippen LogP) is 2.92. The summed E-state index contributed by atoms with van der Waals surface area (Å²) in [5.74, 6) is 0.397. The molecule has 0 spiro atoms. The van der Waals surface area contributed by atoms with Gasteiger partial charge in [-0.3, -0.25) is 4.79 Å². The van der Waals surface area contributed by atoms with Crippen molar-refractivity contribution in [1.29, 1.82) is 0 Å². The van der Waals surface area contributed by atoms with Crippen LogP contribution in [-0.4, -0.2) is 31.3 Å². The van der Waals surface area contributed by atoms with Gasteiger partial charge in [0.2, 0.25) is 0 Å². The van der Waals surface area contributed by atoms with Crippen LogP contribution in [0.2, 0.25) is 0 Å². The number of methoxy groups -OCH3 is 1. The Labute approximate surface area is 161 Å². The van der Waals surface area contributed by atoms with Crippen LogP contribution in [0.1, 0.15) is 43.6 Å². The molecule has 3 rings (SSSR count). The lowest BCUT2D eigenvalue weighted by Crippen LogP contribution is -2.41. The molecule has 5 nitrogen and oxygen atoms in total. The van der Waals surface area contributed by atoms with Crippen LogP contribution in [0.4, 0.5) is 0 Å².